The zero-order chi connectivity index (χ0) is 27.0. The van der Waals surface area contributed by atoms with Gasteiger partial charge in [-0.05, 0) is 80.3 Å². The van der Waals surface area contributed by atoms with E-state index in [1.54, 1.807) is 36.4 Å². The van der Waals surface area contributed by atoms with Crippen LogP contribution in [0.15, 0.2) is 66.7 Å². The predicted octanol–water partition coefficient (Wildman–Crippen LogP) is 6.36. The van der Waals surface area contributed by atoms with E-state index in [1.165, 1.54) is 12.1 Å². The highest BCUT2D eigenvalue weighted by atomic mass is 35.5. The van der Waals surface area contributed by atoms with E-state index in [1.807, 2.05) is 45.9 Å². The van der Waals surface area contributed by atoms with Gasteiger partial charge >= 0.3 is 5.97 Å². The van der Waals surface area contributed by atoms with E-state index in [0.717, 1.165) is 16.9 Å². The van der Waals surface area contributed by atoms with E-state index in [2.05, 4.69) is 5.32 Å². The van der Waals surface area contributed by atoms with Crippen molar-refractivity contribution >= 4 is 29.3 Å². The maximum Gasteiger partial charge on any atom is 0.345 e. The molecule has 3 rings (SSSR count). The smallest absolute Gasteiger partial charge is 0.345 e. The second kappa shape index (κ2) is 12.5. The number of amides is 1. The molecule has 0 saturated heterocycles. The van der Waals surface area contributed by atoms with E-state index in [4.69, 9.17) is 21.1 Å². The average molecular weight is 522 g/mol. The molecule has 0 unspecified atom stereocenters. The molecule has 0 aliphatic heterocycles. The molecule has 0 aromatic heterocycles. The molecule has 3 aromatic rings. The van der Waals surface area contributed by atoms with Crippen LogP contribution in [0.25, 0.3) is 0 Å². The van der Waals surface area contributed by atoms with Gasteiger partial charge in [0.05, 0.1) is 23.7 Å². The minimum absolute atomic E-state index is 0.125. The molecule has 0 aliphatic carbocycles. The molecule has 0 radical (unpaired) electrons. The number of hydrogen-bond acceptors (Lipinski definition) is 5. The van der Waals surface area contributed by atoms with Crippen molar-refractivity contribution in [3.8, 4) is 11.5 Å². The van der Waals surface area contributed by atoms with Gasteiger partial charge in [-0.3, -0.25) is 9.59 Å². The van der Waals surface area contributed by atoms with Crippen LogP contribution in [-0.4, -0.2) is 30.8 Å². The van der Waals surface area contributed by atoms with Gasteiger partial charge in [-0.25, -0.2) is 4.79 Å². The number of esters is 1. The molecule has 194 valence electrons. The zero-order valence-corrected chi connectivity index (χ0v) is 22.4. The summed E-state index contributed by atoms with van der Waals surface area (Å²) >= 11 is 6.03. The van der Waals surface area contributed by atoms with Crippen LogP contribution in [0, 0.1) is 19.3 Å². The van der Waals surface area contributed by atoms with E-state index >= 15 is 0 Å². The third-order valence-electron chi connectivity index (χ3n) is 6.05. The van der Waals surface area contributed by atoms with E-state index in [-0.39, 0.29) is 29.5 Å². The summed E-state index contributed by atoms with van der Waals surface area (Å²) in [5.74, 6) is 0.120. The lowest BCUT2D eigenvalue weighted by Crippen LogP contribution is -2.39. The minimum Gasteiger partial charge on any atom is -0.493 e. The molecular formula is C30H32ClNO5. The molecule has 0 fully saturated rings. The lowest BCUT2D eigenvalue weighted by atomic mass is 9.87. The minimum atomic E-state index is -0.651. The largest absolute Gasteiger partial charge is 0.493 e. The number of ketones is 1. The van der Waals surface area contributed by atoms with Gasteiger partial charge in [-0.1, -0.05) is 49.7 Å². The Morgan fingerprint density at radius 2 is 1.65 bits per heavy atom. The monoisotopic (exact) mass is 521 g/mol. The topological polar surface area (TPSA) is 81.7 Å². The summed E-state index contributed by atoms with van der Waals surface area (Å²) in [7, 11) is 0. The molecule has 0 heterocycles. The number of benzene rings is 3. The lowest BCUT2D eigenvalue weighted by Gasteiger charge is -2.23. The Balaban J connectivity index is 1.45. The fraction of sp³-hybridized carbons (Fsp3) is 0.300. The molecule has 0 aliphatic rings. The van der Waals surface area contributed by atoms with Crippen LogP contribution >= 0.6 is 11.6 Å². The van der Waals surface area contributed by atoms with Crippen molar-refractivity contribution in [3.63, 3.8) is 0 Å². The molecule has 3 aromatic carbocycles. The number of halogens is 1. The van der Waals surface area contributed by atoms with Crippen LogP contribution in [0.5, 0.6) is 11.5 Å². The van der Waals surface area contributed by atoms with Crippen molar-refractivity contribution in [3.05, 3.63) is 94.0 Å². The maximum atomic E-state index is 12.7. The third-order valence-corrected chi connectivity index (χ3v) is 6.38. The van der Waals surface area contributed by atoms with E-state index < -0.39 is 11.4 Å². The van der Waals surface area contributed by atoms with Crippen molar-refractivity contribution in [2.45, 2.75) is 40.5 Å². The van der Waals surface area contributed by atoms with Crippen molar-refractivity contribution in [2.24, 2.45) is 5.41 Å². The highest BCUT2D eigenvalue weighted by molar-refractivity contribution is 6.33. The summed E-state index contributed by atoms with van der Waals surface area (Å²) < 4.78 is 11.2. The Bertz CT molecular complexity index is 1270. The summed E-state index contributed by atoms with van der Waals surface area (Å²) in [4.78, 5) is 37.6. The quantitative estimate of drug-likeness (QED) is 0.137. The zero-order valence-electron chi connectivity index (χ0n) is 21.6. The Hall–Kier alpha value is -3.64. The number of aryl methyl sites for hydroxylation is 2. The second-order valence-corrected chi connectivity index (χ2v) is 10.0. The van der Waals surface area contributed by atoms with Crippen LogP contribution < -0.4 is 14.8 Å². The van der Waals surface area contributed by atoms with Gasteiger partial charge in [0.1, 0.15) is 11.5 Å². The van der Waals surface area contributed by atoms with Gasteiger partial charge in [-0.2, -0.15) is 0 Å². The van der Waals surface area contributed by atoms with E-state index in [9.17, 15) is 14.4 Å². The number of ether oxygens (including phenoxy) is 2. The molecular weight excluding hydrogens is 490 g/mol. The maximum absolute atomic E-state index is 12.7. The van der Waals surface area contributed by atoms with Crippen molar-refractivity contribution < 1.29 is 23.9 Å². The molecule has 1 N–H and O–H groups in total. The SMILES string of the molecule is Cc1ccc(C)c(OCCCC(C)(C)C(=O)NCC(=O)c2ccc(OC(=O)c3ccccc3Cl)cc2)c1. The van der Waals surface area contributed by atoms with Gasteiger partial charge in [0, 0.05) is 11.0 Å². The van der Waals surface area contributed by atoms with Gasteiger partial charge in [0.2, 0.25) is 5.91 Å². The van der Waals surface area contributed by atoms with Crippen LogP contribution in [0.3, 0.4) is 0 Å². The van der Waals surface area contributed by atoms with Gasteiger partial charge in [0.25, 0.3) is 0 Å². The van der Waals surface area contributed by atoms with Gasteiger partial charge in [0.15, 0.2) is 5.78 Å². The summed E-state index contributed by atoms with van der Waals surface area (Å²) in [5.41, 5.74) is 2.22. The first-order chi connectivity index (χ1) is 17.6. The number of hydrogen-bond donors (Lipinski definition) is 1. The molecule has 0 bridgehead atoms. The molecule has 0 saturated carbocycles. The van der Waals surface area contributed by atoms with Crippen LogP contribution in [0.4, 0.5) is 0 Å². The summed E-state index contributed by atoms with van der Waals surface area (Å²) in [5, 5.41) is 3.04. The lowest BCUT2D eigenvalue weighted by molar-refractivity contribution is -0.129. The fourth-order valence-corrected chi connectivity index (χ4v) is 3.88. The highest BCUT2D eigenvalue weighted by Crippen LogP contribution is 2.24. The summed E-state index contributed by atoms with van der Waals surface area (Å²) in [6.45, 7) is 8.11. The van der Waals surface area contributed by atoms with Crippen LogP contribution in [-0.2, 0) is 4.79 Å². The fourth-order valence-electron chi connectivity index (χ4n) is 3.67. The normalized spacial score (nSPS) is 11.1. The van der Waals surface area contributed by atoms with Crippen LogP contribution in [0.1, 0.15) is 58.5 Å². The first kappa shape index (κ1) is 27.9. The highest BCUT2D eigenvalue weighted by Gasteiger charge is 2.27. The van der Waals surface area contributed by atoms with Crippen molar-refractivity contribution in [1.82, 2.24) is 5.32 Å². The van der Waals surface area contributed by atoms with E-state index in [0.29, 0.717) is 30.0 Å². The Morgan fingerprint density at radius 1 is 0.946 bits per heavy atom. The van der Waals surface area contributed by atoms with Crippen LogP contribution in [0.2, 0.25) is 5.02 Å². The summed E-state index contributed by atoms with van der Waals surface area (Å²) in [6, 6.07) is 18.9. The number of Topliss-reactive ketones (excluding diaryl/α,β-unsaturated/α-hetero) is 1. The third kappa shape index (κ3) is 7.92. The molecule has 0 atom stereocenters. The molecule has 1 amide bonds. The predicted molar refractivity (Wildman–Crippen MR) is 145 cm³/mol. The number of nitrogens with one attached hydrogen (secondary N) is 1. The van der Waals surface area contributed by atoms with Gasteiger partial charge < -0.3 is 14.8 Å². The molecule has 0 spiro atoms. The number of carbonyl (C=O) groups is 3. The molecule has 7 heteroatoms. The molecule has 6 nitrogen and oxygen atoms in total. The second-order valence-electron chi connectivity index (χ2n) is 9.60. The standard InChI is InChI=1S/C30H32ClNO5/c1-20-10-11-21(2)27(18-20)36-17-7-16-30(3,4)29(35)32-19-26(33)22-12-14-23(15-13-22)37-28(34)24-8-5-6-9-25(24)31/h5-6,8-15,18H,7,16-17,19H2,1-4H3,(H,32,35). The average Bonchev–Trinajstić information content (AvgIpc) is 2.87. The van der Waals surface area contributed by atoms with Crippen molar-refractivity contribution in [1.29, 1.82) is 0 Å². The Labute approximate surface area is 222 Å². The Morgan fingerprint density at radius 3 is 2.35 bits per heavy atom. The van der Waals surface area contributed by atoms with Gasteiger partial charge in [-0.15, -0.1) is 0 Å². The first-order valence-electron chi connectivity index (χ1n) is 12.1. The van der Waals surface area contributed by atoms with Crippen molar-refractivity contribution in [2.75, 3.05) is 13.2 Å². The molecule has 37 heavy (non-hydrogen) atoms. The number of carbonyl (C=O) groups excluding carboxylic acids is 3. The number of rotatable bonds is 11. The Kier molecular flexibility index (Phi) is 9.48. The first-order valence-corrected chi connectivity index (χ1v) is 12.5. The summed E-state index contributed by atoms with van der Waals surface area (Å²) in [6.07, 6.45) is 1.32.